The first kappa shape index (κ1) is 10.4. The third-order valence-electron chi connectivity index (χ3n) is 2.00. The lowest BCUT2D eigenvalue weighted by molar-refractivity contribution is -0.104. The molecule has 14 heavy (non-hydrogen) atoms. The Kier molecular flexibility index (Phi) is 3.35. The van der Waals surface area contributed by atoms with Gasteiger partial charge in [-0.3, -0.25) is 9.59 Å². The number of rotatable bonds is 3. The highest BCUT2D eigenvalue weighted by Gasteiger charge is 2.02. The first-order valence-corrected chi connectivity index (χ1v) is 4.38. The zero-order valence-electron chi connectivity index (χ0n) is 8.28. The first-order chi connectivity index (χ1) is 6.65. The average Bonchev–Trinajstić information content (AvgIpc) is 2.14. The van der Waals surface area contributed by atoms with Crippen LogP contribution in [0.15, 0.2) is 24.3 Å². The van der Waals surface area contributed by atoms with Crippen LogP contribution in [0.25, 0.3) is 6.08 Å². The molecule has 0 fully saturated rings. The summed E-state index contributed by atoms with van der Waals surface area (Å²) in [6, 6.07) is 5.49. The van der Waals surface area contributed by atoms with Crippen LogP contribution in [0.5, 0.6) is 0 Å². The number of ketones is 1. The molecular formula is C12H12O2. The summed E-state index contributed by atoms with van der Waals surface area (Å²) in [6.07, 6.45) is 3.88. The predicted molar refractivity (Wildman–Crippen MR) is 56.3 cm³/mol. The standard InChI is InChI=1S/C12H12O2/c1-9-8-11(4-3-7-13)5-6-12(9)10(2)14/h3-8H,1-2H3. The summed E-state index contributed by atoms with van der Waals surface area (Å²) in [5, 5.41) is 0. The van der Waals surface area contributed by atoms with Crippen molar-refractivity contribution in [3.05, 3.63) is 41.0 Å². The molecular weight excluding hydrogens is 176 g/mol. The predicted octanol–water partition coefficient (Wildman–Crippen LogP) is 2.41. The summed E-state index contributed by atoms with van der Waals surface area (Å²) >= 11 is 0. The second-order valence-electron chi connectivity index (χ2n) is 3.13. The van der Waals surface area contributed by atoms with Gasteiger partial charge in [0.05, 0.1) is 0 Å². The van der Waals surface area contributed by atoms with Crippen LogP contribution in [0.2, 0.25) is 0 Å². The van der Waals surface area contributed by atoms with Crippen LogP contribution in [-0.2, 0) is 4.79 Å². The molecule has 0 heterocycles. The monoisotopic (exact) mass is 188 g/mol. The second kappa shape index (κ2) is 4.51. The van der Waals surface area contributed by atoms with E-state index in [9.17, 15) is 9.59 Å². The Bertz CT molecular complexity index is 389. The molecule has 1 aromatic rings. The van der Waals surface area contributed by atoms with Crippen molar-refractivity contribution < 1.29 is 9.59 Å². The molecule has 0 unspecified atom stereocenters. The van der Waals surface area contributed by atoms with Crippen molar-refractivity contribution in [2.45, 2.75) is 13.8 Å². The fourth-order valence-electron chi connectivity index (χ4n) is 1.34. The lowest BCUT2D eigenvalue weighted by atomic mass is 10.0. The molecule has 0 aliphatic rings. The third-order valence-corrected chi connectivity index (χ3v) is 2.00. The van der Waals surface area contributed by atoms with Gasteiger partial charge >= 0.3 is 0 Å². The van der Waals surface area contributed by atoms with E-state index in [0.717, 1.165) is 23.0 Å². The van der Waals surface area contributed by atoms with E-state index >= 15 is 0 Å². The molecule has 1 rings (SSSR count). The van der Waals surface area contributed by atoms with Gasteiger partial charge in [0.1, 0.15) is 6.29 Å². The van der Waals surface area contributed by atoms with Crippen molar-refractivity contribution in [2.75, 3.05) is 0 Å². The maximum atomic E-state index is 11.1. The van der Waals surface area contributed by atoms with Gasteiger partial charge in [-0.25, -0.2) is 0 Å². The average molecular weight is 188 g/mol. The van der Waals surface area contributed by atoms with E-state index in [1.165, 1.54) is 6.08 Å². The van der Waals surface area contributed by atoms with Gasteiger partial charge < -0.3 is 0 Å². The van der Waals surface area contributed by atoms with E-state index in [-0.39, 0.29) is 5.78 Å². The summed E-state index contributed by atoms with van der Waals surface area (Å²) in [5.41, 5.74) is 2.60. The summed E-state index contributed by atoms with van der Waals surface area (Å²) in [5.74, 6) is 0.0633. The number of aryl methyl sites for hydroxylation is 1. The van der Waals surface area contributed by atoms with Gasteiger partial charge in [-0.2, -0.15) is 0 Å². The molecule has 0 spiro atoms. The molecule has 0 bridgehead atoms. The number of hydrogen-bond acceptors (Lipinski definition) is 2. The van der Waals surface area contributed by atoms with Gasteiger partial charge in [0.2, 0.25) is 0 Å². The van der Waals surface area contributed by atoms with Crippen LogP contribution < -0.4 is 0 Å². The summed E-state index contributed by atoms with van der Waals surface area (Å²) in [4.78, 5) is 21.2. The molecule has 0 atom stereocenters. The molecule has 0 aromatic heterocycles. The minimum atomic E-state index is 0.0633. The number of carbonyl (C=O) groups is 2. The number of hydrogen-bond donors (Lipinski definition) is 0. The van der Waals surface area contributed by atoms with Crippen LogP contribution in [0.3, 0.4) is 0 Å². The quantitative estimate of drug-likeness (QED) is 0.414. The molecule has 0 aliphatic carbocycles. The SMILES string of the molecule is CC(=O)c1ccc(C=CC=O)cc1C. The zero-order chi connectivity index (χ0) is 10.6. The number of carbonyl (C=O) groups excluding carboxylic acids is 2. The smallest absolute Gasteiger partial charge is 0.160 e. The van der Waals surface area contributed by atoms with Crippen LogP contribution in [0.1, 0.15) is 28.4 Å². The van der Waals surface area contributed by atoms with E-state index < -0.39 is 0 Å². The van der Waals surface area contributed by atoms with E-state index in [0.29, 0.717) is 0 Å². The number of benzene rings is 1. The van der Waals surface area contributed by atoms with Gasteiger partial charge in [-0.1, -0.05) is 24.3 Å². The zero-order valence-corrected chi connectivity index (χ0v) is 8.28. The summed E-state index contributed by atoms with van der Waals surface area (Å²) < 4.78 is 0. The molecule has 2 nitrogen and oxygen atoms in total. The molecule has 0 amide bonds. The molecule has 0 aliphatic heterocycles. The molecule has 1 aromatic carbocycles. The fourth-order valence-corrected chi connectivity index (χ4v) is 1.34. The summed E-state index contributed by atoms with van der Waals surface area (Å²) in [6.45, 7) is 3.43. The Balaban J connectivity index is 3.06. The number of allylic oxidation sites excluding steroid dienone is 1. The fraction of sp³-hybridized carbons (Fsp3) is 0.167. The van der Waals surface area contributed by atoms with Gasteiger partial charge in [0, 0.05) is 5.56 Å². The van der Waals surface area contributed by atoms with Gasteiger partial charge in [0.25, 0.3) is 0 Å². The van der Waals surface area contributed by atoms with Gasteiger partial charge in [-0.05, 0) is 31.1 Å². The Morgan fingerprint density at radius 3 is 2.57 bits per heavy atom. The van der Waals surface area contributed by atoms with Crippen LogP contribution in [-0.4, -0.2) is 12.1 Å². The number of Topliss-reactive ketones (excluding diaryl/α,β-unsaturated/α-hetero) is 1. The highest BCUT2D eigenvalue weighted by molar-refractivity contribution is 5.95. The van der Waals surface area contributed by atoms with E-state index in [2.05, 4.69) is 0 Å². The topological polar surface area (TPSA) is 34.1 Å². The van der Waals surface area contributed by atoms with E-state index in [1.54, 1.807) is 19.1 Å². The Labute approximate surface area is 83.3 Å². The van der Waals surface area contributed by atoms with Crippen molar-refractivity contribution in [2.24, 2.45) is 0 Å². The summed E-state index contributed by atoms with van der Waals surface area (Å²) in [7, 11) is 0. The Morgan fingerprint density at radius 2 is 2.07 bits per heavy atom. The van der Waals surface area contributed by atoms with E-state index in [1.807, 2.05) is 19.1 Å². The third kappa shape index (κ3) is 2.39. The minimum Gasteiger partial charge on any atom is -0.299 e. The van der Waals surface area contributed by atoms with Crippen molar-refractivity contribution >= 4 is 18.1 Å². The largest absolute Gasteiger partial charge is 0.299 e. The Morgan fingerprint density at radius 1 is 1.36 bits per heavy atom. The first-order valence-electron chi connectivity index (χ1n) is 4.38. The molecule has 0 radical (unpaired) electrons. The van der Waals surface area contributed by atoms with Crippen molar-refractivity contribution in [1.29, 1.82) is 0 Å². The maximum Gasteiger partial charge on any atom is 0.160 e. The van der Waals surface area contributed by atoms with Crippen LogP contribution in [0.4, 0.5) is 0 Å². The maximum absolute atomic E-state index is 11.1. The van der Waals surface area contributed by atoms with Crippen molar-refractivity contribution in [1.82, 2.24) is 0 Å². The van der Waals surface area contributed by atoms with Crippen LogP contribution in [0, 0.1) is 6.92 Å². The second-order valence-corrected chi connectivity index (χ2v) is 3.13. The minimum absolute atomic E-state index is 0.0633. The van der Waals surface area contributed by atoms with Crippen molar-refractivity contribution in [3.8, 4) is 0 Å². The van der Waals surface area contributed by atoms with Crippen molar-refractivity contribution in [3.63, 3.8) is 0 Å². The lowest BCUT2D eigenvalue weighted by Gasteiger charge is -2.02. The molecule has 0 N–H and O–H groups in total. The molecule has 0 saturated heterocycles. The normalized spacial score (nSPS) is 10.4. The van der Waals surface area contributed by atoms with Gasteiger partial charge in [0.15, 0.2) is 5.78 Å². The number of aldehydes is 1. The van der Waals surface area contributed by atoms with E-state index in [4.69, 9.17) is 0 Å². The molecule has 2 heteroatoms. The van der Waals surface area contributed by atoms with Crippen LogP contribution >= 0.6 is 0 Å². The highest BCUT2D eigenvalue weighted by Crippen LogP contribution is 2.12. The molecule has 72 valence electrons. The highest BCUT2D eigenvalue weighted by atomic mass is 16.1. The Hall–Kier alpha value is -1.70. The lowest BCUT2D eigenvalue weighted by Crippen LogP contribution is -1.95. The molecule has 0 saturated carbocycles. The van der Waals surface area contributed by atoms with Gasteiger partial charge in [-0.15, -0.1) is 0 Å².